The van der Waals surface area contributed by atoms with Crippen molar-refractivity contribution in [1.29, 1.82) is 0 Å². The maximum absolute atomic E-state index is 5.87. The first-order valence-electron chi connectivity index (χ1n) is 9.68. The number of anilines is 2. The summed E-state index contributed by atoms with van der Waals surface area (Å²) in [6.07, 6.45) is 3.35. The van der Waals surface area contributed by atoms with Crippen LogP contribution in [0.15, 0.2) is 67.1 Å². The normalized spacial score (nSPS) is 14.3. The second kappa shape index (κ2) is 7.48. The summed E-state index contributed by atoms with van der Waals surface area (Å²) >= 11 is 0. The first-order valence-corrected chi connectivity index (χ1v) is 9.68. The third-order valence-electron chi connectivity index (χ3n) is 5.25. The van der Waals surface area contributed by atoms with E-state index in [1.54, 1.807) is 12.5 Å². The molecule has 0 atom stereocenters. The Labute approximate surface area is 169 Å². The summed E-state index contributed by atoms with van der Waals surface area (Å²) in [5.74, 6) is 0.505. The molecule has 4 aromatic rings. The van der Waals surface area contributed by atoms with Crippen molar-refractivity contribution in [2.24, 2.45) is 0 Å². The molecule has 5 rings (SSSR count). The molecule has 1 fully saturated rings. The Kier molecular flexibility index (Phi) is 4.54. The van der Waals surface area contributed by atoms with Gasteiger partial charge in [-0.05, 0) is 47.5 Å². The first kappa shape index (κ1) is 17.6. The van der Waals surface area contributed by atoms with E-state index >= 15 is 0 Å². The summed E-state index contributed by atoms with van der Waals surface area (Å²) in [6, 6.07) is 18.6. The number of nitrogens with zero attached hydrogens (tertiary/aromatic N) is 4. The minimum absolute atomic E-state index is 0.505. The fourth-order valence-corrected chi connectivity index (χ4v) is 3.77. The van der Waals surface area contributed by atoms with Crippen LogP contribution in [0.3, 0.4) is 0 Å². The molecule has 1 saturated heterocycles. The van der Waals surface area contributed by atoms with Gasteiger partial charge in [0.1, 0.15) is 12.1 Å². The topological polar surface area (TPSA) is 77.2 Å². The number of aromatic nitrogens is 3. The molecule has 144 valence electrons. The molecule has 1 aliphatic rings. The molecule has 6 heteroatoms. The van der Waals surface area contributed by atoms with Crippen LogP contribution in [-0.4, -0.2) is 41.3 Å². The van der Waals surface area contributed by atoms with E-state index in [9.17, 15) is 0 Å². The van der Waals surface area contributed by atoms with E-state index in [-0.39, 0.29) is 0 Å². The van der Waals surface area contributed by atoms with Gasteiger partial charge in [-0.1, -0.05) is 18.2 Å². The minimum atomic E-state index is 0.505. The zero-order chi connectivity index (χ0) is 19.6. The summed E-state index contributed by atoms with van der Waals surface area (Å²) in [5, 5.41) is 1.01. The molecule has 3 heterocycles. The van der Waals surface area contributed by atoms with Crippen LogP contribution in [-0.2, 0) is 4.74 Å². The lowest BCUT2D eigenvalue weighted by molar-refractivity contribution is 0.122. The smallest absolute Gasteiger partial charge is 0.123 e. The maximum atomic E-state index is 5.87. The standard InChI is InChI=1S/C23H21N5O/c24-22-14-17(6-7-25-22)16-4-5-21-20(13-16)23(27-15-26-21)18-2-1-3-19(12-18)28-8-10-29-11-9-28/h1-7,12-15H,8-11H2,(H2,24,25). The van der Waals surface area contributed by atoms with Crippen LogP contribution >= 0.6 is 0 Å². The Morgan fingerprint density at radius 3 is 2.55 bits per heavy atom. The Morgan fingerprint density at radius 1 is 0.828 bits per heavy atom. The average Bonchev–Trinajstić information content (AvgIpc) is 2.79. The lowest BCUT2D eigenvalue weighted by Gasteiger charge is -2.29. The van der Waals surface area contributed by atoms with Crippen molar-refractivity contribution in [1.82, 2.24) is 15.0 Å². The number of ether oxygens (including phenoxy) is 1. The Hall–Kier alpha value is -3.51. The molecular weight excluding hydrogens is 362 g/mol. The average molecular weight is 383 g/mol. The maximum Gasteiger partial charge on any atom is 0.123 e. The molecule has 0 bridgehead atoms. The van der Waals surface area contributed by atoms with Gasteiger partial charge in [0.15, 0.2) is 0 Å². The Morgan fingerprint density at radius 2 is 1.69 bits per heavy atom. The zero-order valence-electron chi connectivity index (χ0n) is 16.0. The monoisotopic (exact) mass is 383 g/mol. The first-order chi connectivity index (χ1) is 14.3. The van der Waals surface area contributed by atoms with Crippen LogP contribution < -0.4 is 10.6 Å². The molecule has 0 aliphatic carbocycles. The number of nitrogens with two attached hydrogens (primary N) is 1. The van der Waals surface area contributed by atoms with Gasteiger partial charge in [0.2, 0.25) is 0 Å². The van der Waals surface area contributed by atoms with Gasteiger partial charge in [0.25, 0.3) is 0 Å². The number of fused-ring (bicyclic) bond motifs is 1. The molecule has 0 radical (unpaired) electrons. The molecule has 0 unspecified atom stereocenters. The van der Waals surface area contributed by atoms with E-state index in [4.69, 9.17) is 10.5 Å². The highest BCUT2D eigenvalue weighted by atomic mass is 16.5. The van der Waals surface area contributed by atoms with Gasteiger partial charge in [-0.2, -0.15) is 0 Å². The largest absolute Gasteiger partial charge is 0.384 e. The Balaban J connectivity index is 1.60. The molecule has 0 spiro atoms. The van der Waals surface area contributed by atoms with Crippen LogP contribution in [0.4, 0.5) is 11.5 Å². The summed E-state index contributed by atoms with van der Waals surface area (Å²) in [5.41, 5.74) is 12.1. The molecule has 1 aliphatic heterocycles. The number of rotatable bonds is 3. The fourth-order valence-electron chi connectivity index (χ4n) is 3.77. The number of hydrogen-bond donors (Lipinski definition) is 1. The van der Waals surface area contributed by atoms with Crippen LogP contribution in [0.2, 0.25) is 0 Å². The third-order valence-corrected chi connectivity index (χ3v) is 5.25. The van der Waals surface area contributed by atoms with E-state index in [1.807, 2.05) is 18.2 Å². The van der Waals surface area contributed by atoms with E-state index in [0.29, 0.717) is 5.82 Å². The van der Waals surface area contributed by atoms with Crippen molar-refractivity contribution in [2.75, 3.05) is 36.9 Å². The van der Waals surface area contributed by atoms with Crippen LogP contribution in [0.5, 0.6) is 0 Å². The quantitative estimate of drug-likeness (QED) is 0.580. The van der Waals surface area contributed by atoms with E-state index in [1.165, 1.54) is 5.69 Å². The summed E-state index contributed by atoms with van der Waals surface area (Å²) < 4.78 is 5.48. The van der Waals surface area contributed by atoms with Gasteiger partial charge in [-0.15, -0.1) is 0 Å². The lowest BCUT2D eigenvalue weighted by Crippen LogP contribution is -2.36. The highest BCUT2D eigenvalue weighted by molar-refractivity contribution is 5.95. The van der Waals surface area contributed by atoms with Gasteiger partial charge < -0.3 is 15.4 Å². The second-order valence-corrected chi connectivity index (χ2v) is 7.07. The van der Waals surface area contributed by atoms with Gasteiger partial charge >= 0.3 is 0 Å². The fraction of sp³-hybridized carbons (Fsp3) is 0.174. The Bertz CT molecular complexity index is 1170. The summed E-state index contributed by atoms with van der Waals surface area (Å²) in [6.45, 7) is 3.33. The van der Waals surface area contributed by atoms with Crippen molar-refractivity contribution in [3.8, 4) is 22.4 Å². The number of morpholine rings is 1. The van der Waals surface area contributed by atoms with E-state index in [0.717, 1.165) is 59.6 Å². The predicted molar refractivity (Wildman–Crippen MR) is 116 cm³/mol. The number of nitrogen functional groups attached to an aromatic ring is 1. The second-order valence-electron chi connectivity index (χ2n) is 7.07. The zero-order valence-corrected chi connectivity index (χ0v) is 16.0. The highest BCUT2D eigenvalue weighted by Crippen LogP contribution is 2.31. The molecule has 2 aromatic heterocycles. The predicted octanol–water partition coefficient (Wildman–Crippen LogP) is 3.78. The molecule has 2 N–H and O–H groups in total. The van der Waals surface area contributed by atoms with E-state index in [2.05, 4.69) is 56.3 Å². The molecule has 0 saturated carbocycles. The molecule has 6 nitrogen and oxygen atoms in total. The van der Waals surface area contributed by atoms with Crippen LogP contribution in [0.25, 0.3) is 33.3 Å². The number of pyridine rings is 1. The SMILES string of the molecule is Nc1cc(-c2ccc3ncnc(-c4cccc(N5CCOCC5)c4)c3c2)ccn1. The van der Waals surface area contributed by atoms with Gasteiger partial charge in [-0.3, -0.25) is 0 Å². The van der Waals surface area contributed by atoms with Gasteiger partial charge in [0, 0.05) is 35.9 Å². The van der Waals surface area contributed by atoms with Crippen molar-refractivity contribution < 1.29 is 4.74 Å². The number of benzene rings is 2. The van der Waals surface area contributed by atoms with E-state index < -0.39 is 0 Å². The summed E-state index contributed by atoms with van der Waals surface area (Å²) in [4.78, 5) is 15.5. The van der Waals surface area contributed by atoms with Crippen molar-refractivity contribution >= 4 is 22.4 Å². The molecular formula is C23H21N5O. The van der Waals surface area contributed by atoms with Crippen molar-refractivity contribution in [3.63, 3.8) is 0 Å². The molecule has 0 amide bonds. The van der Waals surface area contributed by atoms with Crippen molar-refractivity contribution in [2.45, 2.75) is 0 Å². The van der Waals surface area contributed by atoms with Gasteiger partial charge in [-0.25, -0.2) is 15.0 Å². The molecule has 29 heavy (non-hydrogen) atoms. The van der Waals surface area contributed by atoms with Crippen molar-refractivity contribution in [3.05, 3.63) is 67.1 Å². The van der Waals surface area contributed by atoms with Crippen LogP contribution in [0.1, 0.15) is 0 Å². The number of hydrogen-bond acceptors (Lipinski definition) is 6. The lowest BCUT2D eigenvalue weighted by atomic mass is 10.0. The molecule has 2 aromatic carbocycles. The summed E-state index contributed by atoms with van der Waals surface area (Å²) in [7, 11) is 0. The highest BCUT2D eigenvalue weighted by Gasteiger charge is 2.14. The third kappa shape index (κ3) is 3.50. The van der Waals surface area contributed by atoms with Gasteiger partial charge in [0.05, 0.1) is 24.4 Å². The minimum Gasteiger partial charge on any atom is -0.384 e. The van der Waals surface area contributed by atoms with Crippen LogP contribution in [0, 0.1) is 0 Å².